The van der Waals surface area contributed by atoms with Crippen LogP contribution in [-0.4, -0.2) is 72.2 Å². The van der Waals surface area contributed by atoms with E-state index in [4.69, 9.17) is 19.9 Å². The minimum Gasteiger partial charge on any atom is -0.475 e. The summed E-state index contributed by atoms with van der Waals surface area (Å²) in [7, 11) is -3.69. The lowest BCUT2D eigenvalue weighted by molar-refractivity contribution is -0.192. The number of piperazine rings is 1. The zero-order valence-corrected chi connectivity index (χ0v) is 21.0. The Morgan fingerprint density at radius 3 is 2.18 bits per heavy atom. The van der Waals surface area contributed by atoms with Crippen LogP contribution in [-0.2, 0) is 14.8 Å². The Bertz CT molecular complexity index is 1510. The van der Waals surface area contributed by atoms with Gasteiger partial charge in [-0.3, -0.25) is 0 Å². The van der Waals surface area contributed by atoms with Crippen molar-refractivity contribution in [2.24, 2.45) is 0 Å². The number of benzene rings is 2. The van der Waals surface area contributed by atoms with Gasteiger partial charge in [0.05, 0.1) is 27.6 Å². The number of aromatic nitrogens is 2. The first-order chi connectivity index (χ1) is 18.4. The first kappa shape index (κ1) is 28.0. The molecule has 0 spiro atoms. The molecule has 39 heavy (non-hydrogen) atoms. The van der Waals surface area contributed by atoms with E-state index in [-0.39, 0.29) is 18.0 Å². The van der Waals surface area contributed by atoms with Gasteiger partial charge in [-0.1, -0.05) is 0 Å². The van der Waals surface area contributed by atoms with Crippen LogP contribution in [0.25, 0.3) is 11.0 Å². The maximum absolute atomic E-state index is 13.2. The molecule has 5 rings (SSSR count). The Morgan fingerprint density at radius 2 is 1.64 bits per heavy atom. The molecule has 10 nitrogen and oxygen atoms in total. The Balaban J connectivity index is 0.000000448. The molecule has 0 bridgehead atoms. The molecule has 15 heteroatoms. The number of nitrogens with one attached hydrogen (secondary N) is 1. The van der Waals surface area contributed by atoms with E-state index in [1.54, 1.807) is 18.2 Å². The highest BCUT2D eigenvalue weighted by Gasteiger charge is 2.38. The minimum atomic E-state index is -5.08. The van der Waals surface area contributed by atoms with E-state index in [0.717, 1.165) is 25.0 Å². The average Bonchev–Trinajstić information content (AvgIpc) is 3.72. The third-order valence-corrected chi connectivity index (χ3v) is 7.84. The zero-order valence-electron chi connectivity index (χ0n) is 20.2. The van der Waals surface area contributed by atoms with E-state index in [2.05, 4.69) is 11.4 Å². The highest BCUT2D eigenvalue weighted by molar-refractivity contribution is 7.89. The summed E-state index contributed by atoms with van der Waals surface area (Å²) in [5.41, 5.74) is 1.84. The second kappa shape index (κ2) is 11.0. The minimum absolute atomic E-state index is 0.0815. The Hall–Kier alpha value is -4.03. The number of carbonyl (C=O) groups is 1. The van der Waals surface area contributed by atoms with Crippen LogP contribution in [0.15, 0.2) is 47.4 Å². The van der Waals surface area contributed by atoms with Crippen LogP contribution in [0, 0.1) is 17.1 Å². The number of alkyl halides is 3. The molecule has 0 radical (unpaired) electrons. The van der Waals surface area contributed by atoms with E-state index in [0.29, 0.717) is 47.4 Å². The average molecular weight is 567 g/mol. The van der Waals surface area contributed by atoms with Crippen LogP contribution in [0.2, 0.25) is 0 Å². The Kier molecular flexibility index (Phi) is 7.89. The summed E-state index contributed by atoms with van der Waals surface area (Å²) in [5, 5.41) is 19.8. The molecule has 0 unspecified atom stereocenters. The van der Waals surface area contributed by atoms with E-state index in [1.807, 2.05) is 4.90 Å². The summed E-state index contributed by atoms with van der Waals surface area (Å²) in [6, 6.07) is 12.6. The van der Waals surface area contributed by atoms with Crippen LogP contribution in [0.4, 0.5) is 29.2 Å². The Morgan fingerprint density at radius 1 is 1.03 bits per heavy atom. The molecule has 0 atom stereocenters. The molecular weight excluding hydrogens is 544 g/mol. The van der Waals surface area contributed by atoms with Crippen LogP contribution in [0.5, 0.6) is 0 Å². The van der Waals surface area contributed by atoms with Gasteiger partial charge >= 0.3 is 12.1 Å². The van der Waals surface area contributed by atoms with Gasteiger partial charge < -0.3 is 15.3 Å². The van der Waals surface area contributed by atoms with Crippen molar-refractivity contribution in [3.8, 4) is 6.07 Å². The van der Waals surface area contributed by atoms with Crippen LogP contribution in [0.1, 0.15) is 18.4 Å². The molecule has 2 heterocycles. The van der Waals surface area contributed by atoms with Crippen molar-refractivity contribution in [1.82, 2.24) is 14.3 Å². The molecule has 1 aromatic heterocycles. The number of rotatable bonds is 5. The van der Waals surface area contributed by atoms with Gasteiger partial charge in [-0.15, -0.1) is 0 Å². The maximum atomic E-state index is 13.2. The van der Waals surface area contributed by atoms with E-state index in [9.17, 15) is 31.2 Å². The molecule has 2 fully saturated rings. The van der Waals surface area contributed by atoms with Gasteiger partial charge in [-0.25, -0.2) is 27.6 Å². The van der Waals surface area contributed by atoms with Crippen molar-refractivity contribution in [2.45, 2.75) is 30.0 Å². The monoisotopic (exact) mass is 566 g/mol. The predicted molar refractivity (Wildman–Crippen MR) is 132 cm³/mol. The van der Waals surface area contributed by atoms with Gasteiger partial charge in [0.1, 0.15) is 5.82 Å². The maximum Gasteiger partial charge on any atom is 0.490 e. The lowest BCUT2D eigenvalue weighted by Gasteiger charge is -2.35. The summed E-state index contributed by atoms with van der Waals surface area (Å²) in [6.45, 7) is 1.44. The van der Waals surface area contributed by atoms with Gasteiger partial charge in [0.15, 0.2) is 11.6 Å². The van der Waals surface area contributed by atoms with Crippen molar-refractivity contribution in [2.75, 3.05) is 36.4 Å². The van der Waals surface area contributed by atoms with Gasteiger partial charge in [-0.05, 0) is 55.3 Å². The lowest BCUT2D eigenvalue weighted by Crippen LogP contribution is -2.49. The first-order valence-electron chi connectivity index (χ1n) is 11.7. The number of nitrogens with zero attached hydrogens (tertiary/aromatic N) is 5. The number of carboxylic acids is 1. The largest absolute Gasteiger partial charge is 0.490 e. The number of hydrogen-bond donors (Lipinski definition) is 2. The van der Waals surface area contributed by atoms with Crippen molar-refractivity contribution in [3.05, 3.63) is 53.8 Å². The zero-order chi connectivity index (χ0) is 28.4. The fraction of sp³-hybridized carbons (Fsp3) is 0.333. The number of anilines is 2. The van der Waals surface area contributed by atoms with Gasteiger partial charge in [-0.2, -0.15) is 22.7 Å². The smallest absolute Gasteiger partial charge is 0.475 e. The molecule has 3 aromatic rings. The standard InChI is InChI=1S/C22H21FN6O2S.C2HF3O2/c23-16-2-6-18(7-3-16)32(30,31)29-11-9-28(10-12-29)22-21(25-17-4-5-17)26-19-8-1-15(14-24)13-20(19)27-22;3-2(4,5)1(6)7/h1-3,6-8,13,17H,4-5,9-12H2,(H,25,26);(H,6,7). The topological polar surface area (TPSA) is 140 Å². The number of carboxylic acid groups (broad SMARTS) is 1. The predicted octanol–water partition coefficient (Wildman–Crippen LogP) is 3.36. The molecule has 2 aliphatic rings. The number of hydrogen-bond acceptors (Lipinski definition) is 8. The molecule has 0 amide bonds. The highest BCUT2D eigenvalue weighted by Crippen LogP contribution is 2.32. The summed E-state index contributed by atoms with van der Waals surface area (Å²) in [4.78, 5) is 20.5. The van der Waals surface area contributed by atoms with Crippen molar-refractivity contribution >= 4 is 38.7 Å². The molecule has 2 aromatic carbocycles. The summed E-state index contributed by atoms with van der Waals surface area (Å²) in [5.74, 6) is -1.88. The summed E-state index contributed by atoms with van der Waals surface area (Å²) >= 11 is 0. The molecule has 1 aliphatic heterocycles. The fourth-order valence-corrected chi connectivity index (χ4v) is 5.17. The van der Waals surface area contributed by atoms with Crippen molar-refractivity contribution in [3.63, 3.8) is 0 Å². The molecule has 1 aliphatic carbocycles. The van der Waals surface area contributed by atoms with Crippen LogP contribution >= 0.6 is 0 Å². The second-order valence-electron chi connectivity index (χ2n) is 8.78. The molecule has 1 saturated carbocycles. The van der Waals surface area contributed by atoms with Crippen molar-refractivity contribution in [1.29, 1.82) is 5.26 Å². The van der Waals surface area contributed by atoms with Gasteiger partial charge in [0.25, 0.3) is 0 Å². The third-order valence-electron chi connectivity index (χ3n) is 5.93. The SMILES string of the molecule is N#Cc1ccc2nc(NC3CC3)c(N3CCN(S(=O)(=O)c4ccc(F)cc4)CC3)nc2c1.O=C(O)C(F)(F)F. The van der Waals surface area contributed by atoms with E-state index in [1.165, 1.54) is 16.4 Å². The fourth-order valence-electron chi connectivity index (χ4n) is 3.75. The van der Waals surface area contributed by atoms with Gasteiger partial charge in [0, 0.05) is 32.2 Å². The molecule has 206 valence electrons. The number of halogens is 4. The third kappa shape index (κ3) is 6.70. The first-order valence-corrected chi connectivity index (χ1v) is 13.1. The number of sulfonamides is 1. The second-order valence-corrected chi connectivity index (χ2v) is 10.7. The lowest BCUT2D eigenvalue weighted by atomic mass is 10.2. The number of aliphatic carboxylic acids is 1. The van der Waals surface area contributed by atoms with Crippen LogP contribution < -0.4 is 10.2 Å². The number of nitriles is 1. The quantitative estimate of drug-likeness (QED) is 0.445. The number of fused-ring (bicyclic) bond motifs is 1. The summed E-state index contributed by atoms with van der Waals surface area (Å²) < 4.78 is 72.2. The summed E-state index contributed by atoms with van der Waals surface area (Å²) in [6.07, 6.45) is -2.92. The van der Waals surface area contributed by atoms with Gasteiger partial charge in [0.2, 0.25) is 10.0 Å². The normalized spacial score (nSPS) is 16.2. The highest BCUT2D eigenvalue weighted by atomic mass is 32.2. The molecular formula is C24H22F4N6O4S. The molecule has 1 saturated heterocycles. The van der Waals surface area contributed by atoms with Crippen LogP contribution in [0.3, 0.4) is 0 Å². The van der Waals surface area contributed by atoms with E-state index >= 15 is 0 Å². The van der Waals surface area contributed by atoms with E-state index < -0.39 is 28.0 Å². The molecule has 2 N–H and O–H groups in total. The Labute approximate surface area is 220 Å². The van der Waals surface area contributed by atoms with Crippen molar-refractivity contribution < 1.29 is 35.9 Å².